The van der Waals surface area contributed by atoms with Crippen LogP contribution in [0.5, 0.6) is 5.75 Å². The molecule has 0 spiro atoms. The van der Waals surface area contributed by atoms with Crippen LogP contribution in [0.3, 0.4) is 0 Å². The molecule has 0 amide bonds. The van der Waals surface area contributed by atoms with Crippen LogP contribution in [0.15, 0.2) is 47.5 Å². The topological polar surface area (TPSA) is 56.7 Å². The standard InChI is InChI=1S/C19H21ClFN3O/c1-22-18(23-11-13-5-6-17(25)16(21)9-13)24-12-19(7-8-19)14-3-2-4-15(20)10-14/h2-6,9-10,25H,7-8,11-12H2,1H3,(H2,22,23,24). The van der Waals surface area contributed by atoms with Gasteiger partial charge in [-0.25, -0.2) is 4.39 Å². The molecule has 2 aromatic rings. The number of benzene rings is 2. The van der Waals surface area contributed by atoms with E-state index in [1.807, 2.05) is 18.2 Å². The van der Waals surface area contributed by atoms with Crippen molar-refractivity contribution in [2.75, 3.05) is 13.6 Å². The number of hydrogen-bond acceptors (Lipinski definition) is 2. The molecule has 1 fully saturated rings. The van der Waals surface area contributed by atoms with Gasteiger partial charge in [0.2, 0.25) is 0 Å². The molecule has 0 bridgehead atoms. The highest BCUT2D eigenvalue weighted by atomic mass is 35.5. The predicted molar refractivity (Wildman–Crippen MR) is 98.6 cm³/mol. The molecule has 132 valence electrons. The second-order valence-electron chi connectivity index (χ2n) is 6.36. The van der Waals surface area contributed by atoms with Crippen LogP contribution in [0, 0.1) is 5.82 Å². The van der Waals surface area contributed by atoms with Crippen LogP contribution in [0.25, 0.3) is 0 Å². The lowest BCUT2D eigenvalue weighted by Crippen LogP contribution is -2.40. The van der Waals surface area contributed by atoms with Crippen LogP contribution < -0.4 is 10.6 Å². The maximum atomic E-state index is 13.4. The Kier molecular flexibility index (Phi) is 5.13. The fourth-order valence-corrected chi connectivity index (χ4v) is 3.05. The fourth-order valence-electron chi connectivity index (χ4n) is 2.86. The van der Waals surface area contributed by atoms with Gasteiger partial charge in [-0.1, -0.05) is 29.8 Å². The second kappa shape index (κ2) is 7.31. The largest absolute Gasteiger partial charge is 0.505 e. The fraction of sp³-hybridized carbons (Fsp3) is 0.316. The van der Waals surface area contributed by atoms with Gasteiger partial charge in [-0.15, -0.1) is 0 Å². The van der Waals surface area contributed by atoms with Crippen LogP contribution in [0.2, 0.25) is 5.02 Å². The van der Waals surface area contributed by atoms with Gasteiger partial charge < -0.3 is 15.7 Å². The Labute approximate surface area is 151 Å². The number of guanidine groups is 1. The first-order valence-corrected chi connectivity index (χ1v) is 8.58. The van der Waals surface area contributed by atoms with Gasteiger partial charge in [-0.05, 0) is 48.2 Å². The molecule has 1 saturated carbocycles. The number of phenolic OH excluding ortho intramolecular Hbond substituents is 1. The third-order valence-corrected chi connectivity index (χ3v) is 4.82. The maximum Gasteiger partial charge on any atom is 0.191 e. The van der Waals surface area contributed by atoms with E-state index in [0.29, 0.717) is 12.5 Å². The van der Waals surface area contributed by atoms with Crippen molar-refractivity contribution in [3.8, 4) is 5.75 Å². The zero-order chi connectivity index (χ0) is 17.9. The number of nitrogens with one attached hydrogen (secondary N) is 2. The van der Waals surface area contributed by atoms with Crippen molar-refractivity contribution in [2.24, 2.45) is 4.99 Å². The summed E-state index contributed by atoms with van der Waals surface area (Å²) in [5.74, 6) is -0.314. The lowest BCUT2D eigenvalue weighted by molar-refractivity contribution is 0.431. The van der Waals surface area contributed by atoms with Crippen LogP contribution >= 0.6 is 11.6 Å². The van der Waals surface area contributed by atoms with Crippen LogP contribution in [-0.4, -0.2) is 24.7 Å². The summed E-state index contributed by atoms with van der Waals surface area (Å²) in [6.07, 6.45) is 2.22. The molecule has 25 heavy (non-hydrogen) atoms. The van der Waals surface area contributed by atoms with Gasteiger partial charge in [0.1, 0.15) is 0 Å². The van der Waals surface area contributed by atoms with E-state index in [2.05, 4.69) is 21.7 Å². The summed E-state index contributed by atoms with van der Waals surface area (Å²) in [5.41, 5.74) is 2.07. The molecule has 1 aliphatic carbocycles. The average molecular weight is 362 g/mol. The molecule has 1 aliphatic rings. The first-order valence-electron chi connectivity index (χ1n) is 8.20. The Morgan fingerprint density at radius 1 is 1.24 bits per heavy atom. The Morgan fingerprint density at radius 2 is 2.04 bits per heavy atom. The lowest BCUT2D eigenvalue weighted by Gasteiger charge is -2.19. The predicted octanol–water partition coefficient (Wildman–Crippen LogP) is 3.58. The molecular weight excluding hydrogens is 341 g/mol. The average Bonchev–Trinajstić information content (AvgIpc) is 3.39. The van der Waals surface area contributed by atoms with Gasteiger partial charge >= 0.3 is 0 Å². The zero-order valence-electron chi connectivity index (χ0n) is 14.0. The molecule has 3 N–H and O–H groups in total. The molecule has 2 aromatic carbocycles. The van der Waals surface area contributed by atoms with E-state index in [1.54, 1.807) is 13.1 Å². The molecule has 0 aromatic heterocycles. The molecule has 4 nitrogen and oxygen atoms in total. The molecule has 0 aliphatic heterocycles. The van der Waals surface area contributed by atoms with Crippen molar-refractivity contribution in [2.45, 2.75) is 24.8 Å². The molecule has 3 rings (SSSR count). The SMILES string of the molecule is CN=C(NCc1ccc(O)c(F)c1)NCC1(c2cccc(Cl)c2)CC1. The van der Waals surface area contributed by atoms with Gasteiger partial charge in [0.25, 0.3) is 0 Å². The maximum absolute atomic E-state index is 13.4. The van der Waals surface area contributed by atoms with Crippen LogP contribution in [-0.2, 0) is 12.0 Å². The van der Waals surface area contributed by atoms with Crippen molar-refractivity contribution in [3.63, 3.8) is 0 Å². The molecule has 6 heteroatoms. The van der Waals surface area contributed by atoms with E-state index in [9.17, 15) is 9.50 Å². The molecule has 0 radical (unpaired) electrons. The van der Waals surface area contributed by atoms with E-state index >= 15 is 0 Å². The summed E-state index contributed by atoms with van der Waals surface area (Å²) in [7, 11) is 1.70. The number of aromatic hydroxyl groups is 1. The zero-order valence-corrected chi connectivity index (χ0v) is 14.8. The third kappa shape index (κ3) is 4.23. The Hall–Kier alpha value is -2.27. The highest BCUT2D eigenvalue weighted by molar-refractivity contribution is 6.30. The van der Waals surface area contributed by atoms with E-state index < -0.39 is 5.82 Å². The first kappa shape index (κ1) is 17.5. The first-order chi connectivity index (χ1) is 12.0. The summed E-state index contributed by atoms with van der Waals surface area (Å²) in [4.78, 5) is 4.21. The smallest absolute Gasteiger partial charge is 0.191 e. The number of rotatable bonds is 5. The van der Waals surface area contributed by atoms with Gasteiger partial charge in [0.05, 0.1) is 0 Å². The number of nitrogens with zero attached hydrogens (tertiary/aromatic N) is 1. The lowest BCUT2D eigenvalue weighted by atomic mass is 9.96. The van der Waals surface area contributed by atoms with Crippen molar-refractivity contribution in [1.82, 2.24) is 10.6 Å². The normalized spacial score (nSPS) is 15.7. The quantitative estimate of drug-likeness (QED) is 0.563. The van der Waals surface area contributed by atoms with E-state index in [-0.39, 0.29) is 11.2 Å². The number of hydrogen-bond donors (Lipinski definition) is 3. The number of phenols is 1. The minimum Gasteiger partial charge on any atom is -0.505 e. The third-order valence-electron chi connectivity index (χ3n) is 4.58. The molecule has 0 atom stereocenters. The summed E-state index contributed by atoms with van der Waals surface area (Å²) >= 11 is 6.11. The number of aliphatic imine (C=N–C) groups is 1. The van der Waals surface area contributed by atoms with Gasteiger partial charge in [-0.3, -0.25) is 4.99 Å². The Bertz CT molecular complexity index is 790. The summed E-state index contributed by atoms with van der Waals surface area (Å²) in [6.45, 7) is 1.18. The highest BCUT2D eigenvalue weighted by Gasteiger charge is 2.44. The van der Waals surface area contributed by atoms with Crippen molar-refractivity contribution in [3.05, 3.63) is 64.4 Å². The molecular formula is C19H21ClFN3O. The number of halogens is 2. The summed E-state index contributed by atoms with van der Waals surface area (Å²) < 4.78 is 13.4. The highest BCUT2D eigenvalue weighted by Crippen LogP contribution is 2.48. The Balaban J connectivity index is 1.57. The summed E-state index contributed by atoms with van der Waals surface area (Å²) in [5, 5.41) is 16.5. The minimum atomic E-state index is -0.625. The Morgan fingerprint density at radius 3 is 2.68 bits per heavy atom. The summed E-state index contributed by atoms with van der Waals surface area (Å²) in [6, 6.07) is 12.3. The second-order valence-corrected chi connectivity index (χ2v) is 6.79. The van der Waals surface area contributed by atoms with Crippen molar-refractivity contribution in [1.29, 1.82) is 0 Å². The van der Waals surface area contributed by atoms with E-state index in [0.717, 1.165) is 30.0 Å². The van der Waals surface area contributed by atoms with Crippen molar-refractivity contribution < 1.29 is 9.50 Å². The molecule has 0 heterocycles. The molecule has 0 saturated heterocycles. The van der Waals surface area contributed by atoms with E-state index in [1.165, 1.54) is 17.7 Å². The van der Waals surface area contributed by atoms with Gasteiger partial charge in [-0.2, -0.15) is 0 Å². The minimum absolute atomic E-state index is 0.104. The van der Waals surface area contributed by atoms with Gasteiger partial charge in [0.15, 0.2) is 17.5 Å². The van der Waals surface area contributed by atoms with Gasteiger partial charge in [0, 0.05) is 30.6 Å². The van der Waals surface area contributed by atoms with Crippen LogP contribution in [0.4, 0.5) is 4.39 Å². The van der Waals surface area contributed by atoms with E-state index in [4.69, 9.17) is 11.6 Å². The van der Waals surface area contributed by atoms with Crippen molar-refractivity contribution >= 4 is 17.6 Å². The monoisotopic (exact) mass is 361 g/mol. The van der Waals surface area contributed by atoms with Crippen LogP contribution in [0.1, 0.15) is 24.0 Å². The molecule has 0 unspecified atom stereocenters.